The van der Waals surface area contributed by atoms with Gasteiger partial charge in [0.2, 0.25) is 0 Å². The third kappa shape index (κ3) is 3.96. The molecule has 0 amide bonds. The lowest BCUT2D eigenvalue weighted by Crippen LogP contribution is -2.37. The van der Waals surface area contributed by atoms with E-state index >= 15 is 0 Å². The number of anilines is 1. The number of methoxy groups -OCH3 is 1. The minimum atomic E-state index is 0.486. The van der Waals surface area contributed by atoms with E-state index in [0.717, 1.165) is 31.4 Å². The van der Waals surface area contributed by atoms with Gasteiger partial charge in [0.1, 0.15) is 0 Å². The number of piperidine rings is 1. The van der Waals surface area contributed by atoms with Crippen LogP contribution in [0.4, 0.5) is 5.13 Å². The van der Waals surface area contributed by atoms with E-state index in [1.165, 1.54) is 35.7 Å². The van der Waals surface area contributed by atoms with Crippen molar-refractivity contribution in [2.24, 2.45) is 5.41 Å². The van der Waals surface area contributed by atoms with Gasteiger partial charge >= 0.3 is 0 Å². The van der Waals surface area contributed by atoms with Crippen LogP contribution in [0.3, 0.4) is 0 Å². The van der Waals surface area contributed by atoms with Crippen LogP contribution in [0.15, 0.2) is 0 Å². The van der Waals surface area contributed by atoms with Crippen molar-refractivity contribution in [1.82, 2.24) is 10.3 Å². The summed E-state index contributed by atoms with van der Waals surface area (Å²) in [6.07, 6.45) is 5.16. The summed E-state index contributed by atoms with van der Waals surface area (Å²) in [5, 5.41) is 4.78. The molecule has 0 atom stereocenters. The molecule has 118 valence electrons. The van der Waals surface area contributed by atoms with Gasteiger partial charge in [-0.25, -0.2) is 4.98 Å². The van der Waals surface area contributed by atoms with E-state index in [2.05, 4.69) is 24.1 Å². The molecule has 1 saturated carbocycles. The van der Waals surface area contributed by atoms with E-state index < -0.39 is 0 Å². The predicted octanol–water partition coefficient (Wildman–Crippen LogP) is 3.17. The second-order valence-corrected chi connectivity index (χ2v) is 8.17. The average Bonchev–Trinajstić information content (AvgIpc) is 3.19. The third-order valence-electron chi connectivity index (χ3n) is 4.56. The molecule has 0 unspecified atom stereocenters. The number of rotatable bonds is 6. The number of aromatic nitrogens is 1. The SMILES string of the molecule is COCc1nc(N2CCC(C)(C)CC2)sc1CNC1CC1. The van der Waals surface area contributed by atoms with Crippen molar-refractivity contribution in [1.29, 1.82) is 0 Å². The molecule has 0 spiro atoms. The van der Waals surface area contributed by atoms with Gasteiger partial charge in [0.05, 0.1) is 12.3 Å². The second-order valence-electron chi connectivity index (χ2n) is 7.11. The fourth-order valence-corrected chi connectivity index (χ4v) is 3.79. The summed E-state index contributed by atoms with van der Waals surface area (Å²) in [5.41, 5.74) is 1.61. The van der Waals surface area contributed by atoms with E-state index in [1.807, 2.05) is 11.3 Å². The van der Waals surface area contributed by atoms with Crippen LogP contribution in [0.2, 0.25) is 0 Å². The van der Waals surface area contributed by atoms with Crippen molar-refractivity contribution in [2.45, 2.75) is 58.7 Å². The molecule has 1 aliphatic carbocycles. The molecule has 2 heterocycles. The molecule has 2 fully saturated rings. The Kier molecular flexibility index (Phi) is 4.52. The molecule has 21 heavy (non-hydrogen) atoms. The largest absolute Gasteiger partial charge is 0.378 e. The normalized spacial score (nSPS) is 21.8. The van der Waals surface area contributed by atoms with Crippen molar-refractivity contribution in [2.75, 3.05) is 25.1 Å². The molecule has 1 saturated heterocycles. The van der Waals surface area contributed by atoms with Gasteiger partial charge in [-0.2, -0.15) is 0 Å². The smallest absolute Gasteiger partial charge is 0.185 e. The lowest BCUT2D eigenvalue weighted by atomic mass is 9.83. The molecule has 3 rings (SSSR count). The quantitative estimate of drug-likeness (QED) is 0.876. The minimum absolute atomic E-state index is 0.486. The number of hydrogen-bond donors (Lipinski definition) is 1. The van der Waals surface area contributed by atoms with E-state index in [1.54, 1.807) is 7.11 Å². The van der Waals surface area contributed by atoms with Gasteiger partial charge in [0.25, 0.3) is 0 Å². The van der Waals surface area contributed by atoms with E-state index in [-0.39, 0.29) is 0 Å². The van der Waals surface area contributed by atoms with Crippen LogP contribution in [0.5, 0.6) is 0 Å². The lowest BCUT2D eigenvalue weighted by Gasteiger charge is -2.36. The molecule has 0 aromatic carbocycles. The van der Waals surface area contributed by atoms with Gasteiger partial charge in [0.15, 0.2) is 5.13 Å². The second kappa shape index (κ2) is 6.23. The number of ether oxygens (including phenoxy) is 1. The summed E-state index contributed by atoms with van der Waals surface area (Å²) in [4.78, 5) is 8.65. The zero-order valence-corrected chi connectivity index (χ0v) is 14.3. The Labute approximate surface area is 131 Å². The highest BCUT2D eigenvalue weighted by Gasteiger charge is 2.28. The summed E-state index contributed by atoms with van der Waals surface area (Å²) in [7, 11) is 1.75. The fraction of sp³-hybridized carbons (Fsp3) is 0.812. The summed E-state index contributed by atoms with van der Waals surface area (Å²) in [6.45, 7) is 8.56. The standard InChI is InChI=1S/C16H27N3OS/c1-16(2)6-8-19(9-7-16)15-18-13(11-20-3)14(21-15)10-17-12-4-5-12/h12,17H,4-11H2,1-3H3. The lowest BCUT2D eigenvalue weighted by molar-refractivity contribution is 0.181. The summed E-state index contributed by atoms with van der Waals surface area (Å²) >= 11 is 1.85. The van der Waals surface area contributed by atoms with Crippen molar-refractivity contribution in [3.05, 3.63) is 10.6 Å². The minimum Gasteiger partial charge on any atom is -0.378 e. The van der Waals surface area contributed by atoms with Gasteiger partial charge in [-0.1, -0.05) is 13.8 Å². The zero-order chi connectivity index (χ0) is 14.9. The topological polar surface area (TPSA) is 37.4 Å². The maximum Gasteiger partial charge on any atom is 0.185 e. The Bertz CT molecular complexity index is 472. The maximum absolute atomic E-state index is 5.32. The molecule has 5 heteroatoms. The van der Waals surface area contributed by atoms with E-state index in [4.69, 9.17) is 9.72 Å². The molecule has 2 aliphatic rings. The van der Waals surface area contributed by atoms with E-state index in [9.17, 15) is 0 Å². The number of thiazole rings is 1. The van der Waals surface area contributed by atoms with Crippen molar-refractivity contribution < 1.29 is 4.74 Å². The van der Waals surface area contributed by atoms with Gasteiger partial charge in [0, 0.05) is 37.7 Å². The molecule has 4 nitrogen and oxygen atoms in total. The van der Waals surface area contributed by atoms with Crippen LogP contribution in [-0.4, -0.2) is 31.2 Å². The van der Waals surface area contributed by atoms with Crippen LogP contribution in [0.25, 0.3) is 0 Å². The third-order valence-corrected chi connectivity index (χ3v) is 5.72. The van der Waals surface area contributed by atoms with Gasteiger partial charge in [-0.3, -0.25) is 0 Å². The zero-order valence-electron chi connectivity index (χ0n) is 13.4. The Morgan fingerprint density at radius 3 is 2.67 bits per heavy atom. The van der Waals surface area contributed by atoms with Crippen molar-refractivity contribution in [3.63, 3.8) is 0 Å². The summed E-state index contributed by atoms with van der Waals surface area (Å²) < 4.78 is 5.32. The molecular weight excluding hydrogens is 282 g/mol. The molecule has 0 radical (unpaired) electrons. The Morgan fingerprint density at radius 1 is 1.33 bits per heavy atom. The molecule has 1 aliphatic heterocycles. The predicted molar refractivity (Wildman–Crippen MR) is 87.9 cm³/mol. The molecule has 0 bridgehead atoms. The monoisotopic (exact) mass is 309 g/mol. The highest BCUT2D eigenvalue weighted by molar-refractivity contribution is 7.15. The molecule has 1 N–H and O–H groups in total. The molecule has 1 aromatic rings. The van der Waals surface area contributed by atoms with Gasteiger partial charge in [-0.15, -0.1) is 11.3 Å². The van der Waals surface area contributed by atoms with Crippen LogP contribution in [0, 0.1) is 5.41 Å². The first-order valence-electron chi connectivity index (χ1n) is 8.03. The Balaban J connectivity index is 1.68. The first kappa shape index (κ1) is 15.3. The highest BCUT2D eigenvalue weighted by atomic mass is 32.1. The molecular formula is C16H27N3OS. The first-order valence-corrected chi connectivity index (χ1v) is 8.85. The van der Waals surface area contributed by atoms with Crippen molar-refractivity contribution >= 4 is 16.5 Å². The highest BCUT2D eigenvalue weighted by Crippen LogP contribution is 2.35. The van der Waals surface area contributed by atoms with Crippen LogP contribution in [0.1, 0.15) is 50.1 Å². The van der Waals surface area contributed by atoms with Crippen LogP contribution >= 0.6 is 11.3 Å². The maximum atomic E-state index is 5.32. The van der Waals surface area contributed by atoms with Crippen LogP contribution in [-0.2, 0) is 17.9 Å². The number of nitrogens with zero attached hydrogens (tertiary/aromatic N) is 2. The summed E-state index contributed by atoms with van der Waals surface area (Å²) in [5.74, 6) is 0. The van der Waals surface area contributed by atoms with E-state index in [0.29, 0.717) is 12.0 Å². The fourth-order valence-electron chi connectivity index (χ4n) is 2.72. The Morgan fingerprint density at radius 2 is 2.05 bits per heavy atom. The van der Waals surface area contributed by atoms with Gasteiger partial charge < -0.3 is 15.0 Å². The number of hydrogen-bond acceptors (Lipinski definition) is 5. The van der Waals surface area contributed by atoms with Gasteiger partial charge in [-0.05, 0) is 31.1 Å². The summed E-state index contributed by atoms with van der Waals surface area (Å²) in [6, 6.07) is 0.738. The molecule has 1 aromatic heterocycles. The number of nitrogens with one attached hydrogen (secondary N) is 1. The first-order chi connectivity index (χ1) is 10.1. The Hall–Kier alpha value is -0.650. The average molecular weight is 309 g/mol. The van der Waals surface area contributed by atoms with Crippen molar-refractivity contribution in [3.8, 4) is 0 Å². The van der Waals surface area contributed by atoms with Crippen LogP contribution < -0.4 is 10.2 Å².